The van der Waals surface area contributed by atoms with E-state index in [9.17, 15) is 4.79 Å². The topological polar surface area (TPSA) is 54.0 Å². The third kappa shape index (κ3) is 4.41. The molecule has 0 aliphatic carbocycles. The zero-order valence-corrected chi connectivity index (χ0v) is 17.9. The zero-order chi connectivity index (χ0) is 20.4. The summed E-state index contributed by atoms with van der Waals surface area (Å²) in [5, 5.41) is 7.39. The molecular formula is C21H13Cl2N3OS2. The molecule has 0 aliphatic rings. The summed E-state index contributed by atoms with van der Waals surface area (Å²) in [7, 11) is 0. The molecule has 0 atom stereocenters. The normalized spacial score (nSPS) is 10.7. The summed E-state index contributed by atoms with van der Waals surface area (Å²) >= 11 is 19.6. The number of nitrogens with one attached hydrogen (secondary N) is 2. The van der Waals surface area contributed by atoms with Crippen LogP contribution in [0.15, 0.2) is 66.7 Å². The van der Waals surface area contributed by atoms with E-state index >= 15 is 0 Å². The van der Waals surface area contributed by atoms with E-state index < -0.39 is 0 Å². The fourth-order valence-corrected chi connectivity index (χ4v) is 4.49. The monoisotopic (exact) mass is 457 g/mol. The summed E-state index contributed by atoms with van der Waals surface area (Å²) in [6, 6.07) is 20.1. The molecule has 1 aromatic heterocycles. The van der Waals surface area contributed by atoms with Crippen molar-refractivity contribution in [2.24, 2.45) is 0 Å². The summed E-state index contributed by atoms with van der Waals surface area (Å²) < 4.78 is 1.06. The molecule has 0 saturated heterocycles. The Labute approximate surface area is 186 Å². The van der Waals surface area contributed by atoms with Gasteiger partial charge in [0.25, 0.3) is 5.91 Å². The first kappa shape index (κ1) is 19.8. The van der Waals surface area contributed by atoms with Gasteiger partial charge in [0, 0.05) is 11.1 Å². The molecule has 144 valence electrons. The lowest BCUT2D eigenvalue weighted by Crippen LogP contribution is -2.34. The Bertz CT molecular complexity index is 1190. The van der Waals surface area contributed by atoms with Crippen LogP contribution in [0.3, 0.4) is 0 Å². The molecule has 29 heavy (non-hydrogen) atoms. The Kier molecular flexibility index (Phi) is 5.78. The number of hydrogen-bond donors (Lipinski definition) is 2. The first-order chi connectivity index (χ1) is 14.0. The van der Waals surface area contributed by atoms with Crippen molar-refractivity contribution >= 4 is 73.7 Å². The summed E-state index contributed by atoms with van der Waals surface area (Å²) in [5.41, 5.74) is 2.67. The number of carbonyl (C=O) groups is 1. The number of para-hydroxylation sites is 1. The molecule has 0 saturated carbocycles. The largest absolute Gasteiger partial charge is 0.331 e. The Hall–Kier alpha value is -2.51. The number of anilines is 1. The number of benzene rings is 3. The molecule has 0 unspecified atom stereocenters. The lowest BCUT2D eigenvalue weighted by Gasteiger charge is -2.13. The van der Waals surface area contributed by atoms with Crippen LogP contribution in [0.4, 0.5) is 5.69 Å². The van der Waals surface area contributed by atoms with Gasteiger partial charge < -0.3 is 5.32 Å². The van der Waals surface area contributed by atoms with Crippen molar-refractivity contribution in [3.05, 3.63) is 82.3 Å². The van der Waals surface area contributed by atoms with Crippen LogP contribution < -0.4 is 10.6 Å². The second-order valence-corrected chi connectivity index (χ2v) is 8.33. The van der Waals surface area contributed by atoms with Crippen LogP contribution in [0.2, 0.25) is 10.0 Å². The molecule has 8 heteroatoms. The van der Waals surface area contributed by atoms with Gasteiger partial charge in [0.2, 0.25) is 0 Å². The zero-order valence-electron chi connectivity index (χ0n) is 14.8. The Morgan fingerprint density at radius 3 is 2.45 bits per heavy atom. The second kappa shape index (κ2) is 8.47. The van der Waals surface area contributed by atoms with Crippen LogP contribution in [0, 0.1) is 0 Å². The highest BCUT2D eigenvalue weighted by molar-refractivity contribution is 7.80. The van der Waals surface area contributed by atoms with Gasteiger partial charge in [-0.2, -0.15) is 0 Å². The molecular weight excluding hydrogens is 445 g/mol. The van der Waals surface area contributed by atoms with Crippen molar-refractivity contribution < 1.29 is 4.79 Å². The molecule has 4 rings (SSSR count). The third-order valence-corrected chi connectivity index (χ3v) is 5.99. The van der Waals surface area contributed by atoms with Gasteiger partial charge in [-0.25, -0.2) is 4.98 Å². The number of rotatable bonds is 3. The van der Waals surface area contributed by atoms with Crippen molar-refractivity contribution in [2.45, 2.75) is 0 Å². The van der Waals surface area contributed by atoms with Gasteiger partial charge >= 0.3 is 0 Å². The van der Waals surface area contributed by atoms with Gasteiger partial charge in [-0.15, -0.1) is 11.3 Å². The van der Waals surface area contributed by atoms with E-state index in [2.05, 4.69) is 15.6 Å². The standard InChI is InChI=1S/C21H13Cl2N3OS2/c22-14-11-15(23)17(25-21(28)26-19(27)12-6-2-1-3-7-12)10-13(14)20-24-16-8-4-5-9-18(16)29-20/h1-11H,(H2,25,26,27,28). The van der Waals surface area contributed by atoms with E-state index in [0.29, 0.717) is 21.3 Å². The molecule has 4 nitrogen and oxygen atoms in total. The highest BCUT2D eigenvalue weighted by atomic mass is 35.5. The molecule has 0 bridgehead atoms. The van der Waals surface area contributed by atoms with E-state index in [-0.39, 0.29) is 11.0 Å². The minimum absolute atomic E-state index is 0.137. The van der Waals surface area contributed by atoms with Crippen LogP contribution in [0.25, 0.3) is 20.8 Å². The van der Waals surface area contributed by atoms with E-state index in [1.807, 2.05) is 30.3 Å². The maximum atomic E-state index is 12.3. The smallest absolute Gasteiger partial charge is 0.257 e. The molecule has 4 aromatic rings. The first-order valence-electron chi connectivity index (χ1n) is 8.53. The minimum atomic E-state index is -0.306. The SMILES string of the molecule is O=C(NC(=S)Nc1cc(-c2nc3ccccc3s2)c(Cl)cc1Cl)c1ccccc1. The summed E-state index contributed by atoms with van der Waals surface area (Å²) in [4.78, 5) is 16.9. The average molecular weight is 458 g/mol. The summed E-state index contributed by atoms with van der Waals surface area (Å²) in [6.07, 6.45) is 0. The Morgan fingerprint density at radius 1 is 0.966 bits per heavy atom. The number of amides is 1. The predicted molar refractivity (Wildman–Crippen MR) is 125 cm³/mol. The summed E-state index contributed by atoms with van der Waals surface area (Å²) in [5.74, 6) is -0.306. The molecule has 3 aromatic carbocycles. The predicted octanol–water partition coefficient (Wildman–Crippen LogP) is 6.40. The maximum absolute atomic E-state index is 12.3. The van der Waals surface area contributed by atoms with Crippen molar-refractivity contribution in [3.63, 3.8) is 0 Å². The quantitative estimate of drug-likeness (QED) is 0.349. The van der Waals surface area contributed by atoms with E-state index in [1.54, 1.807) is 36.4 Å². The highest BCUT2D eigenvalue weighted by Gasteiger charge is 2.15. The van der Waals surface area contributed by atoms with Crippen LogP contribution in [-0.4, -0.2) is 16.0 Å². The average Bonchev–Trinajstić information content (AvgIpc) is 3.14. The number of halogens is 2. The molecule has 2 N–H and O–H groups in total. The van der Waals surface area contributed by atoms with E-state index in [1.165, 1.54) is 11.3 Å². The maximum Gasteiger partial charge on any atom is 0.257 e. The number of aromatic nitrogens is 1. The molecule has 1 amide bonds. The van der Waals surface area contributed by atoms with Gasteiger partial charge in [0.1, 0.15) is 5.01 Å². The third-order valence-electron chi connectivity index (χ3n) is 4.09. The van der Waals surface area contributed by atoms with Crippen LogP contribution in [0.5, 0.6) is 0 Å². The number of nitrogens with zero attached hydrogens (tertiary/aromatic N) is 1. The molecule has 0 radical (unpaired) electrons. The van der Waals surface area contributed by atoms with Crippen LogP contribution >= 0.6 is 46.8 Å². The van der Waals surface area contributed by atoms with Crippen molar-refractivity contribution in [1.29, 1.82) is 0 Å². The van der Waals surface area contributed by atoms with Crippen LogP contribution in [-0.2, 0) is 0 Å². The number of fused-ring (bicyclic) bond motifs is 1. The highest BCUT2D eigenvalue weighted by Crippen LogP contribution is 2.38. The van der Waals surface area contributed by atoms with Gasteiger partial charge in [0.15, 0.2) is 5.11 Å². The van der Waals surface area contributed by atoms with Gasteiger partial charge in [-0.3, -0.25) is 10.1 Å². The van der Waals surface area contributed by atoms with Crippen molar-refractivity contribution in [3.8, 4) is 10.6 Å². The Morgan fingerprint density at radius 2 is 1.69 bits per heavy atom. The van der Waals surface area contributed by atoms with Crippen molar-refractivity contribution in [2.75, 3.05) is 5.32 Å². The van der Waals surface area contributed by atoms with E-state index in [0.717, 1.165) is 20.8 Å². The Balaban J connectivity index is 1.58. The first-order valence-corrected chi connectivity index (χ1v) is 10.5. The lowest BCUT2D eigenvalue weighted by molar-refractivity contribution is 0.0977. The second-order valence-electron chi connectivity index (χ2n) is 6.07. The molecule has 0 aliphatic heterocycles. The fraction of sp³-hybridized carbons (Fsp3) is 0. The minimum Gasteiger partial charge on any atom is -0.331 e. The summed E-state index contributed by atoms with van der Waals surface area (Å²) in [6.45, 7) is 0. The molecule has 0 spiro atoms. The van der Waals surface area contributed by atoms with Crippen molar-refractivity contribution in [1.82, 2.24) is 10.3 Å². The molecule has 1 heterocycles. The van der Waals surface area contributed by atoms with Crippen LogP contribution in [0.1, 0.15) is 10.4 Å². The fourth-order valence-electron chi connectivity index (χ4n) is 2.71. The lowest BCUT2D eigenvalue weighted by atomic mass is 10.2. The number of carbonyl (C=O) groups excluding carboxylic acids is 1. The number of hydrogen-bond acceptors (Lipinski definition) is 4. The van der Waals surface area contributed by atoms with Gasteiger partial charge in [-0.1, -0.05) is 53.5 Å². The number of thiazole rings is 1. The molecule has 0 fully saturated rings. The van der Waals surface area contributed by atoms with E-state index in [4.69, 9.17) is 35.4 Å². The van der Waals surface area contributed by atoms with Gasteiger partial charge in [-0.05, 0) is 48.6 Å². The van der Waals surface area contributed by atoms with Gasteiger partial charge in [0.05, 0.1) is 25.9 Å². The number of thiocarbonyl (C=S) groups is 1.